The van der Waals surface area contributed by atoms with Gasteiger partial charge in [-0.25, -0.2) is 0 Å². The summed E-state index contributed by atoms with van der Waals surface area (Å²) >= 11 is 5.23. The Balaban J connectivity index is 3.01. The Hall–Kier alpha value is -0.440. The second-order valence-corrected chi connectivity index (χ2v) is 4.04. The van der Waals surface area contributed by atoms with Crippen LogP contribution in [0, 0.1) is 0 Å². The van der Waals surface area contributed by atoms with E-state index in [9.17, 15) is 4.79 Å². The Morgan fingerprint density at radius 1 is 0.762 bits per heavy atom. The molecule has 0 unspecified atom stereocenters. The van der Waals surface area contributed by atoms with Gasteiger partial charge in [0.15, 0.2) is 6.07 Å². The number of rotatable bonds is 16. The molecule has 7 nitrogen and oxygen atoms in total. The smallest absolute Gasteiger partial charge is 0.309 e. The van der Waals surface area contributed by atoms with Crippen LogP contribution in [0.15, 0.2) is 0 Å². The van der Waals surface area contributed by atoms with E-state index in [0.29, 0.717) is 59.5 Å². The van der Waals surface area contributed by atoms with Crippen LogP contribution >= 0.6 is 11.6 Å². The standard InChI is InChI=1S/C13H25ClO7/c1-16-4-5-18-8-9-20-11-10-19-7-6-17-3-2-13(15)21-12-14/h2-12H2,1H3. The quantitative estimate of drug-likeness (QED) is 0.236. The van der Waals surface area contributed by atoms with Crippen molar-refractivity contribution in [2.45, 2.75) is 6.42 Å². The number of hydrogen-bond donors (Lipinski definition) is 0. The predicted molar refractivity (Wildman–Crippen MR) is 76.6 cm³/mol. The zero-order valence-electron chi connectivity index (χ0n) is 12.5. The van der Waals surface area contributed by atoms with Crippen LogP contribution in [0.25, 0.3) is 0 Å². The first kappa shape index (κ1) is 20.6. The monoisotopic (exact) mass is 328 g/mol. The number of esters is 1. The van der Waals surface area contributed by atoms with Gasteiger partial charge in [-0.1, -0.05) is 11.6 Å². The SMILES string of the molecule is COCCOCCOCCOCCOCCC(=O)OCCl. The minimum absolute atomic E-state index is 0.126. The van der Waals surface area contributed by atoms with Crippen LogP contribution in [-0.2, 0) is 33.2 Å². The molecule has 0 bridgehead atoms. The van der Waals surface area contributed by atoms with Gasteiger partial charge in [0.1, 0.15) is 0 Å². The zero-order valence-corrected chi connectivity index (χ0v) is 13.3. The first-order valence-electron chi connectivity index (χ1n) is 6.82. The Labute approximate surface area is 130 Å². The summed E-state index contributed by atoms with van der Waals surface area (Å²) in [5.74, 6) is -0.368. The molecule has 0 aromatic heterocycles. The number of methoxy groups -OCH3 is 1. The predicted octanol–water partition coefficient (Wildman–Crippen LogP) is 0.829. The van der Waals surface area contributed by atoms with Crippen molar-refractivity contribution in [1.29, 1.82) is 0 Å². The lowest BCUT2D eigenvalue weighted by atomic mass is 10.5. The van der Waals surface area contributed by atoms with Crippen LogP contribution in [0.3, 0.4) is 0 Å². The molecular formula is C13H25ClO7. The highest BCUT2D eigenvalue weighted by Gasteiger charge is 2.01. The van der Waals surface area contributed by atoms with E-state index in [1.54, 1.807) is 7.11 Å². The Morgan fingerprint density at radius 3 is 1.62 bits per heavy atom. The summed E-state index contributed by atoms with van der Waals surface area (Å²) in [5.41, 5.74) is 0. The number of halogens is 1. The summed E-state index contributed by atoms with van der Waals surface area (Å²) in [6.07, 6.45) is 0.193. The molecular weight excluding hydrogens is 304 g/mol. The molecule has 0 rings (SSSR count). The van der Waals surface area contributed by atoms with E-state index >= 15 is 0 Å². The van der Waals surface area contributed by atoms with Gasteiger partial charge in [0, 0.05) is 7.11 Å². The highest BCUT2D eigenvalue weighted by atomic mass is 35.5. The molecule has 0 aromatic carbocycles. The van der Waals surface area contributed by atoms with Crippen molar-refractivity contribution >= 4 is 17.6 Å². The fraction of sp³-hybridized carbons (Fsp3) is 0.923. The lowest BCUT2D eigenvalue weighted by molar-refractivity contribution is -0.142. The largest absolute Gasteiger partial charge is 0.449 e. The third-order valence-electron chi connectivity index (χ3n) is 2.21. The average molecular weight is 329 g/mol. The first-order chi connectivity index (χ1) is 10.3. The minimum Gasteiger partial charge on any atom is -0.449 e. The van der Waals surface area contributed by atoms with Crippen LogP contribution in [-0.4, -0.2) is 78.6 Å². The van der Waals surface area contributed by atoms with Crippen molar-refractivity contribution in [2.75, 3.05) is 72.6 Å². The maximum atomic E-state index is 10.9. The van der Waals surface area contributed by atoms with E-state index < -0.39 is 0 Å². The van der Waals surface area contributed by atoms with E-state index in [4.69, 9.17) is 35.3 Å². The van der Waals surface area contributed by atoms with Crippen LogP contribution in [0.4, 0.5) is 0 Å². The highest BCUT2D eigenvalue weighted by molar-refractivity contribution is 6.17. The molecule has 0 saturated heterocycles. The van der Waals surface area contributed by atoms with Crippen molar-refractivity contribution in [3.63, 3.8) is 0 Å². The molecule has 0 amide bonds. The molecule has 0 saturated carbocycles. The van der Waals surface area contributed by atoms with E-state index in [1.807, 2.05) is 0 Å². The van der Waals surface area contributed by atoms with Gasteiger partial charge in [-0.05, 0) is 0 Å². The normalized spacial score (nSPS) is 10.8. The van der Waals surface area contributed by atoms with E-state index in [2.05, 4.69) is 4.74 Å². The Bertz CT molecular complexity index is 229. The molecule has 21 heavy (non-hydrogen) atoms. The molecule has 0 spiro atoms. The van der Waals surface area contributed by atoms with Gasteiger partial charge in [-0.3, -0.25) is 4.79 Å². The van der Waals surface area contributed by atoms with Crippen molar-refractivity contribution in [3.05, 3.63) is 0 Å². The topological polar surface area (TPSA) is 72.5 Å². The number of hydrogen-bond acceptors (Lipinski definition) is 7. The van der Waals surface area contributed by atoms with Crippen LogP contribution in [0.1, 0.15) is 6.42 Å². The number of alkyl halides is 1. The molecule has 0 aliphatic rings. The van der Waals surface area contributed by atoms with E-state index in [-0.39, 0.29) is 18.5 Å². The maximum absolute atomic E-state index is 10.9. The second-order valence-electron chi connectivity index (χ2n) is 3.82. The van der Waals surface area contributed by atoms with Gasteiger partial charge in [0.25, 0.3) is 0 Å². The van der Waals surface area contributed by atoms with Gasteiger partial charge in [-0.15, -0.1) is 0 Å². The maximum Gasteiger partial charge on any atom is 0.309 e. The third-order valence-corrected chi connectivity index (χ3v) is 2.32. The van der Waals surface area contributed by atoms with Gasteiger partial charge >= 0.3 is 5.97 Å². The van der Waals surface area contributed by atoms with Crippen LogP contribution < -0.4 is 0 Å². The molecule has 0 aliphatic carbocycles. The van der Waals surface area contributed by atoms with Gasteiger partial charge in [0.05, 0.1) is 65.9 Å². The summed E-state index contributed by atoms with van der Waals surface area (Å²) in [6, 6.07) is -0.126. The summed E-state index contributed by atoms with van der Waals surface area (Å²) < 4.78 is 30.4. The van der Waals surface area contributed by atoms with Crippen molar-refractivity contribution in [2.24, 2.45) is 0 Å². The summed E-state index contributed by atoms with van der Waals surface area (Å²) in [4.78, 5) is 10.9. The molecule has 0 aliphatic heterocycles. The summed E-state index contributed by atoms with van der Waals surface area (Å²) in [6.45, 7) is 4.43. The van der Waals surface area contributed by atoms with Gasteiger partial charge < -0.3 is 28.4 Å². The third kappa shape index (κ3) is 17.5. The van der Waals surface area contributed by atoms with Crippen LogP contribution in [0.2, 0.25) is 0 Å². The average Bonchev–Trinajstić information content (AvgIpc) is 2.48. The highest BCUT2D eigenvalue weighted by Crippen LogP contribution is 1.90. The molecule has 126 valence electrons. The number of carbonyl (C=O) groups excluding carboxylic acids is 1. The van der Waals surface area contributed by atoms with Crippen LogP contribution in [0.5, 0.6) is 0 Å². The fourth-order valence-electron chi connectivity index (χ4n) is 1.19. The Kier molecular flexibility index (Phi) is 17.2. The first-order valence-corrected chi connectivity index (χ1v) is 7.36. The zero-order chi connectivity index (χ0) is 15.6. The van der Waals surface area contributed by atoms with E-state index in [0.717, 1.165) is 0 Å². The fourth-order valence-corrected chi connectivity index (χ4v) is 1.31. The molecule has 0 atom stereocenters. The lowest BCUT2D eigenvalue weighted by Crippen LogP contribution is -2.13. The minimum atomic E-state index is -0.368. The molecule has 0 heterocycles. The molecule has 0 N–H and O–H groups in total. The number of carbonyl (C=O) groups is 1. The van der Waals surface area contributed by atoms with Crippen molar-refractivity contribution in [3.8, 4) is 0 Å². The molecule has 0 fully saturated rings. The van der Waals surface area contributed by atoms with Gasteiger partial charge in [0.2, 0.25) is 0 Å². The lowest BCUT2D eigenvalue weighted by Gasteiger charge is -2.07. The van der Waals surface area contributed by atoms with Crippen molar-refractivity contribution in [1.82, 2.24) is 0 Å². The molecule has 8 heteroatoms. The Morgan fingerprint density at radius 2 is 1.19 bits per heavy atom. The van der Waals surface area contributed by atoms with Crippen molar-refractivity contribution < 1.29 is 33.2 Å². The summed E-state index contributed by atoms with van der Waals surface area (Å²) in [5, 5.41) is 0. The second kappa shape index (κ2) is 17.6. The molecule has 0 radical (unpaired) electrons. The van der Waals surface area contributed by atoms with E-state index in [1.165, 1.54) is 0 Å². The molecule has 0 aromatic rings. The number of ether oxygens (including phenoxy) is 6. The van der Waals surface area contributed by atoms with Gasteiger partial charge in [-0.2, -0.15) is 0 Å². The summed E-state index contributed by atoms with van der Waals surface area (Å²) in [7, 11) is 1.63.